The van der Waals surface area contributed by atoms with Crippen LogP contribution >= 0.6 is 11.3 Å². The Kier molecular flexibility index (Phi) is 5.48. The minimum atomic E-state index is -0.894. The molecule has 24 heavy (non-hydrogen) atoms. The number of aryl methyl sites for hydroxylation is 1. The molecule has 2 aromatic heterocycles. The third-order valence-electron chi connectivity index (χ3n) is 4.32. The number of pyridine rings is 1. The van der Waals surface area contributed by atoms with Crippen molar-refractivity contribution < 1.29 is 9.90 Å². The van der Waals surface area contributed by atoms with Crippen LogP contribution in [0.3, 0.4) is 0 Å². The first-order valence-corrected chi connectivity index (χ1v) is 9.20. The molecule has 3 heterocycles. The van der Waals surface area contributed by atoms with Crippen molar-refractivity contribution in [1.29, 1.82) is 0 Å². The third-order valence-corrected chi connectivity index (χ3v) is 5.26. The summed E-state index contributed by atoms with van der Waals surface area (Å²) in [4.78, 5) is 19.7. The van der Waals surface area contributed by atoms with Crippen LogP contribution in [0.2, 0.25) is 0 Å². The fourth-order valence-corrected chi connectivity index (χ4v) is 3.75. The van der Waals surface area contributed by atoms with Crippen molar-refractivity contribution in [3.63, 3.8) is 0 Å². The summed E-state index contributed by atoms with van der Waals surface area (Å²) in [5.74, 6) is 0.867. The molecule has 0 aromatic carbocycles. The number of hydrogen-bond acceptors (Lipinski definition) is 5. The first kappa shape index (κ1) is 16.9. The minimum absolute atomic E-state index is 0.00761. The Morgan fingerprint density at radius 1 is 1.38 bits per heavy atom. The molecule has 1 atom stereocenters. The SMILES string of the molecule is O=C(CCc1cccs1)NCC1(O)CCCN(c2ccccn2)C1. The molecule has 1 saturated heterocycles. The highest BCUT2D eigenvalue weighted by atomic mass is 32.1. The summed E-state index contributed by atoms with van der Waals surface area (Å²) in [5, 5.41) is 15.7. The lowest BCUT2D eigenvalue weighted by Gasteiger charge is -2.39. The first-order chi connectivity index (χ1) is 11.6. The Morgan fingerprint density at radius 3 is 3.04 bits per heavy atom. The van der Waals surface area contributed by atoms with E-state index in [2.05, 4.69) is 15.2 Å². The minimum Gasteiger partial charge on any atom is -0.386 e. The Bertz CT molecular complexity index is 648. The second kappa shape index (κ2) is 7.77. The summed E-state index contributed by atoms with van der Waals surface area (Å²) < 4.78 is 0. The summed E-state index contributed by atoms with van der Waals surface area (Å²) in [6.45, 7) is 1.67. The summed E-state index contributed by atoms with van der Waals surface area (Å²) in [5.41, 5.74) is -0.894. The van der Waals surface area contributed by atoms with Gasteiger partial charge in [0, 0.05) is 37.1 Å². The number of amides is 1. The Morgan fingerprint density at radius 2 is 2.29 bits per heavy atom. The van der Waals surface area contributed by atoms with Crippen molar-refractivity contribution in [3.05, 3.63) is 46.8 Å². The standard InChI is InChI=1S/C18H23N3O2S/c22-17(8-7-15-5-3-12-24-15)20-13-18(23)9-4-11-21(14-18)16-6-1-2-10-19-16/h1-3,5-6,10,12,23H,4,7-9,11,13-14H2,(H,20,22). The maximum atomic E-state index is 12.0. The third kappa shape index (κ3) is 4.55. The van der Waals surface area contributed by atoms with Gasteiger partial charge in [0.2, 0.25) is 5.91 Å². The molecule has 0 saturated carbocycles. The van der Waals surface area contributed by atoms with E-state index in [9.17, 15) is 9.90 Å². The highest BCUT2D eigenvalue weighted by molar-refractivity contribution is 7.09. The van der Waals surface area contributed by atoms with Gasteiger partial charge in [0.05, 0.1) is 5.60 Å². The van der Waals surface area contributed by atoms with Gasteiger partial charge in [0.15, 0.2) is 0 Å². The lowest BCUT2D eigenvalue weighted by molar-refractivity contribution is -0.122. The molecule has 1 aliphatic rings. The molecule has 128 valence electrons. The number of hydrogen-bond donors (Lipinski definition) is 2. The van der Waals surface area contributed by atoms with Crippen LogP contribution in [0.1, 0.15) is 24.1 Å². The lowest BCUT2D eigenvalue weighted by Crippen LogP contribution is -2.54. The Labute approximate surface area is 146 Å². The zero-order valence-corrected chi connectivity index (χ0v) is 14.5. The summed E-state index contributed by atoms with van der Waals surface area (Å²) in [7, 11) is 0. The fraction of sp³-hybridized carbons (Fsp3) is 0.444. The smallest absolute Gasteiger partial charge is 0.220 e. The summed E-state index contributed by atoms with van der Waals surface area (Å²) >= 11 is 1.67. The number of carbonyl (C=O) groups is 1. The molecular formula is C18H23N3O2S. The number of nitrogens with one attached hydrogen (secondary N) is 1. The second-order valence-electron chi connectivity index (χ2n) is 6.29. The molecule has 6 heteroatoms. The molecule has 0 spiro atoms. The largest absolute Gasteiger partial charge is 0.386 e. The molecule has 2 aromatic rings. The summed E-state index contributed by atoms with van der Waals surface area (Å²) in [6.07, 6.45) is 4.55. The van der Waals surface area contributed by atoms with E-state index in [1.807, 2.05) is 35.7 Å². The number of thiophene rings is 1. The number of anilines is 1. The zero-order valence-electron chi connectivity index (χ0n) is 13.6. The molecule has 0 aliphatic carbocycles. The summed E-state index contributed by atoms with van der Waals surface area (Å²) in [6, 6.07) is 9.81. The lowest BCUT2D eigenvalue weighted by atomic mass is 9.92. The van der Waals surface area contributed by atoms with Gasteiger partial charge in [0.25, 0.3) is 0 Å². The van der Waals surface area contributed by atoms with Crippen molar-refractivity contribution in [2.45, 2.75) is 31.3 Å². The molecule has 0 radical (unpaired) electrons. The van der Waals surface area contributed by atoms with Crippen molar-refractivity contribution in [1.82, 2.24) is 10.3 Å². The van der Waals surface area contributed by atoms with Gasteiger partial charge in [-0.2, -0.15) is 0 Å². The number of aliphatic hydroxyl groups is 1. The molecule has 0 bridgehead atoms. The number of β-amino-alcohol motifs (C(OH)–C–C–N with tert-alkyl or cyclic N) is 1. The van der Waals surface area contributed by atoms with Crippen molar-refractivity contribution >= 4 is 23.1 Å². The van der Waals surface area contributed by atoms with Gasteiger partial charge in [-0.3, -0.25) is 4.79 Å². The van der Waals surface area contributed by atoms with Gasteiger partial charge >= 0.3 is 0 Å². The monoisotopic (exact) mass is 345 g/mol. The molecule has 1 amide bonds. The Hall–Kier alpha value is -1.92. The van der Waals surface area contributed by atoms with E-state index in [1.54, 1.807) is 17.5 Å². The van der Waals surface area contributed by atoms with Crippen LogP contribution in [0.25, 0.3) is 0 Å². The molecule has 5 nitrogen and oxygen atoms in total. The predicted octanol–water partition coefficient (Wildman–Crippen LogP) is 2.22. The van der Waals surface area contributed by atoms with Crippen molar-refractivity contribution in [2.75, 3.05) is 24.5 Å². The fourth-order valence-electron chi connectivity index (χ4n) is 3.04. The van der Waals surface area contributed by atoms with Crippen LogP contribution in [0.5, 0.6) is 0 Å². The molecular weight excluding hydrogens is 322 g/mol. The molecule has 1 unspecified atom stereocenters. The van der Waals surface area contributed by atoms with Crippen molar-refractivity contribution in [2.24, 2.45) is 0 Å². The number of rotatable bonds is 6. The molecule has 2 N–H and O–H groups in total. The van der Waals surface area contributed by atoms with Crippen LogP contribution in [0.4, 0.5) is 5.82 Å². The zero-order chi connectivity index (χ0) is 16.8. The predicted molar refractivity (Wildman–Crippen MR) is 96.3 cm³/mol. The van der Waals surface area contributed by atoms with Crippen LogP contribution in [0, 0.1) is 0 Å². The van der Waals surface area contributed by atoms with E-state index in [-0.39, 0.29) is 5.91 Å². The van der Waals surface area contributed by atoms with E-state index in [0.717, 1.165) is 25.2 Å². The average Bonchev–Trinajstić information content (AvgIpc) is 3.13. The van der Waals surface area contributed by atoms with E-state index in [4.69, 9.17) is 0 Å². The van der Waals surface area contributed by atoms with Crippen molar-refractivity contribution in [3.8, 4) is 0 Å². The van der Waals surface area contributed by atoms with Gasteiger partial charge in [-0.1, -0.05) is 12.1 Å². The first-order valence-electron chi connectivity index (χ1n) is 8.32. The number of aromatic nitrogens is 1. The normalized spacial score (nSPS) is 20.8. The topological polar surface area (TPSA) is 65.5 Å². The number of carbonyl (C=O) groups excluding carboxylic acids is 1. The van der Waals surface area contributed by atoms with Gasteiger partial charge in [-0.15, -0.1) is 11.3 Å². The quantitative estimate of drug-likeness (QED) is 0.843. The van der Waals surface area contributed by atoms with Crippen LogP contribution < -0.4 is 10.2 Å². The molecule has 1 fully saturated rings. The van der Waals surface area contributed by atoms with Gasteiger partial charge in [-0.25, -0.2) is 4.98 Å². The average molecular weight is 345 g/mol. The second-order valence-corrected chi connectivity index (χ2v) is 7.33. The highest BCUT2D eigenvalue weighted by Gasteiger charge is 2.34. The van der Waals surface area contributed by atoms with E-state index < -0.39 is 5.60 Å². The molecule has 3 rings (SSSR count). The van der Waals surface area contributed by atoms with E-state index in [1.165, 1.54) is 4.88 Å². The Balaban J connectivity index is 1.49. The van der Waals surface area contributed by atoms with Crippen LogP contribution in [0.15, 0.2) is 41.9 Å². The van der Waals surface area contributed by atoms with Gasteiger partial charge in [0.1, 0.15) is 5.82 Å². The van der Waals surface area contributed by atoms with Crippen LogP contribution in [-0.4, -0.2) is 41.2 Å². The maximum absolute atomic E-state index is 12.0. The van der Waals surface area contributed by atoms with Gasteiger partial charge in [-0.05, 0) is 42.8 Å². The molecule has 1 aliphatic heterocycles. The van der Waals surface area contributed by atoms with Crippen LogP contribution in [-0.2, 0) is 11.2 Å². The van der Waals surface area contributed by atoms with Gasteiger partial charge < -0.3 is 15.3 Å². The van der Waals surface area contributed by atoms with E-state index >= 15 is 0 Å². The highest BCUT2D eigenvalue weighted by Crippen LogP contribution is 2.24. The van der Waals surface area contributed by atoms with E-state index in [0.29, 0.717) is 25.9 Å². The maximum Gasteiger partial charge on any atom is 0.220 e. The number of nitrogens with zero attached hydrogens (tertiary/aromatic N) is 2. The number of piperidine rings is 1.